The molecule has 5 aromatic carbocycles. The van der Waals surface area contributed by atoms with Crippen molar-refractivity contribution in [2.45, 2.75) is 12.3 Å². The number of anilines is 3. The van der Waals surface area contributed by atoms with E-state index < -0.39 is 5.41 Å². The molecule has 1 spiro atoms. The van der Waals surface area contributed by atoms with Crippen LogP contribution >= 0.6 is 0 Å². The van der Waals surface area contributed by atoms with E-state index >= 15 is 0 Å². The van der Waals surface area contributed by atoms with Crippen molar-refractivity contribution in [2.75, 3.05) is 4.90 Å². The zero-order valence-electron chi connectivity index (χ0n) is 18.9. The van der Waals surface area contributed by atoms with Gasteiger partial charge in [-0.3, -0.25) is 0 Å². The van der Waals surface area contributed by atoms with E-state index in [4.69, 9.17) is 4.74 Å². The zero-order valence-corrected chi connectivity index (χ0v) is 18.9. The minimum Gasteiger partial charge on any atom is -0.457 e. The first kappa shape index (κ1) is 19.2. The molecule has 0 atom stereocenters. The van der Waals surface area contributed by atoms with E-state index in [1.807, 2.05) is 0 Å². The number of para-hydroxylation sites is 4. The summed E-state index contributed by atoms with van der Waals surface area (Å²) in [6.07, 6.45) is 0. The van der Waals surface area contributed by atoms with Crippen LogP contribution in [0.15, 0.2) is 121 Å². The van der Waals surface area contributed by atoms with Crippen LogP contribution < -0.4 is 9.64 Å². The van der Waals surface area contributed by atoms with Crippen LogP contribution in [0.1, 0.15) is 27.8 Å². The molecule has 7 rings (SSSR count). The van der Waals surface area contributed by atoms with Gasteiger partial charge in [0.25, 0.3) is 0 Å². The lowest BCUT2D eigenvalue weighted by molar-refractivity contribution is 0.434. The molecule has 0 bridgehead atoms. The number of rotatable bonds is 1. The Kier molecular flexibility index (Phi) is 4.01. The minimum atomic E-state index is -0.472. The van der Waals surface area contributed by atoms with Crippen molar-refractivity contribution in [1.29, 1.82) is 0 Å². The molecule has 0 saturated heterocycles. The van der Waals surface area contributed by atoms with Gasteiger partial charge < -0.3 is 9.64 Å². The van der Waals surface area contributed by atoms with Crippen LogP contribution in [0, 0.1) is 6.92 Å². The van der Waals surface area contributed by atoms with E-state index in [2.05, 4.69) is 133 Å². The van der Waals surface area contributed by atoms with Crippen molar-refractivity contribution in [3.63, 3.8) is 0 Å². The predicted octanol–water partition coefficient (Wildman–Crippen LogP) is 8.27. The number of fused-ring (bicyclic) bond motifs is 8. The number of benzene rings is 5. The Bertz CT molecular complexity index is 1450. The monoisotopic (exact) mass is 437 g/mol. The molecule has 0 fully saturated rings. The standard InChI is InChI=1S/C32H23NO/c1-22-18-20-23(21-19-22)33-28-14-6-2-10-24(28)32(25-11-3-7-15-29(25)33)26-12-4-8-16-30(26)34-31-17-9-5-13-27(31)32/h2-21H,1H3. The lowest BCUT2D eigenvalue weighted by Crippen LogP contribution is -2.39. The summed E-state index contributed by atoms with van der Waals surface area (Å²) >= 11 is 0. The van der Waals surface area contributed by atoms with E-state index in [9.17, 15) is 0 Å². The smallest absolute Gasteiger partial charge is 0.132 e. The average molecular weight is 438 g/mol. The van der Waals surface area contributed by atoms with Gasteiger partial charge in [-0.2, -0.15) is 0 Å². The molecule has 2 nitrogen and oxygen atoms in total. The van der Waals surface area contributed by atoms with Gasteiger partial charge in [-0.25, -0.2) is 0 Å². The zero-order chi connectivity index (χ0) is 22.7. The molecular formula is C32H23NO. The average Bonchev–Trinajstić information content (AvgIpc) is 2.89. The summed E-state index contributed by atoms with van der Waals surface area (Å²) in [6, 6.07) is 43.4. The Labute approximate surface area is 199 Å². The molecule has 2 aliphatic heterocycles. The van der Waals surface area contributed by atoms with E-state index in [0.29, 0.717) is 0 Å². The number of nitrogens with zero attached hydrogens (tertiary/aromatic N) is 1. The maximum Gasteiger partial charge on any atom is 0.132 e. The van der Waals surface area contributed by atoms with E-state index in [-0.39, 0.29) is 0 Å². The van der Waals surface area contributed by atoms with Crippen molar-refractivity contribution >= 4 is 17.1 Å². The number of hydrogen-bond acceptors (Lipinski definition) is 2. The van der Waals surface area contributed by atoms with Crippen molar-refractivity contribution < 1.29 is 4.74 Å². The van der Waals surface area contributed by atoms with Crippen molar-refractivity contribution in [2.24, 2.45) is 0 Å². The molecule has 2 aliphatic rings. The van der Waals surface area contributed by atoms with Crippen molar-refractivity contribution in [3.8, 4) is 11.5 Å². The van der Waals surface area contributed by atoms with Crippen LogP contribution in [0.4, 0.5) is 17.1 Å². The fourth-order valence-electron chi connectivity index (χ4n) is 5.79. The van der Waals surface area contributed by atoms with Gasteiger partial charge in [-0.05, 0) is 54.4 Å². The summed E-state index contributed by atoms with van der Waals surface area (Å²) in [5.41, 5.74) is 9.21. The second-order valence-corrected chi connectivity index (χ2v) is 9.05. The van der Waals surface area contributed by atoms with E-state index in [0.717, 1.165) is 17.2 Å². The Hall–Kier alpha value is -4.30. The van der Waals surface area contributed by atoms with Gasteiger partial charge in [-0.1, -0.05) is 90.5 Å². The number of hydrogen-bond donors (Lipinski definition) is 0. The Morgan fingerprint density at radius 2 is 0.941 bits per heavy atom. The lowest BCUT2D eigenvalue weighted by Gasteiger charge is -2.48. The van der Waals surface area contributed by atoms with E-state index in [1.54, 1.807) is 0 Å². The van der Waals surface area contributed by atoms with Gasteiger partial charge in [0.2, 0.25) is 0 Å². The molecule has 0 unspecified atom stereocenters. The quantitative estimate of drug-likeness (QED) is 0.256. The first-order valence-corrected chi connectivity index (χ1v) is 11.7. The van der Waals surface area contributed by atoms with Gasteiger partial charge in [0.1, 0.15) is 11.5 Å². The van der Waals surface area contributed by atoms with Crippen LogP contribution in [0.5, 0.6) is 11.5 Å². The molecule has 0 radical (unpaired) electrons. The van der Waals surface area contributed by atoms with Gasteiger partial charge in [0.15, 0.2) is 0 Å². The first-order chi connectivity index (χ1) is 16.8. The summed E-state index contributed by atoms with van der Waals surface area (Å²) in [5, 5.41) is 0. The summed E-state index contributed by atoms with van der Waals surface area (Å²) in [4.78, 5) is 2.40. The summed E-state index contributed by atoms with van der Waals surface area (Å²) in [7, 11) is 0. The van der Waals surface area contributed by atoms with Gasteiger partial charge in [0, 0.05) is 16.8 Å². The third-order valence-corrected chi connectivity index (χ3v) is 7.19. The molecule has 2 heterocycles. The second-order valence-electron chi connectivity index (χ2n) is 9.05. The molecule has 5 aromatic rings. The van der Waals surface area contributed by atoms with Gasteiger partial charge >= 0.3 is 0 Å². The van der Waals surface area contributed by atoms with Gasteiger partial charge in [0.05, 0.1) is 16.8 Å². The third-order valence-electron chi connectivity index (χ3n) is 7.19. The fraction of sp³-hybridized carbons (Fsp3) is 0.0625. The van der Waals surface area contributed by atoms with Crippen molar-refractivity contribution in [3.05, 3.63) is 149 Å². The van der Waals surface area contributed by atoms with Gasteiger partial charge in [-0.15, -0.1) is 0 Å². The predicted molar refractivity (Wildman–Crippen MR) is 138 cm³/mol. The Balaban J connectivity index is 1.65. The number of aryl methyl sites for hydroxylation is 1. The molecule has 0 saturated carbocycles. The maximum absolute atomic E-state index is 6.45. The largest absolute Gasteiger partial charge is 0.457 e. The van der Waals surface area contributed by atoms with Crippen LogP contribution in [0.2, 0.25) is 0 Å². The molecule has 162 valence electrons. The summed E-state index contributed by atoms with van der Waals surface area (Å²) in [5.74, 6) is 1.82. The lowest BCUT2D eigenvalue weighted by atomic mass is 9.61. The van der Waals surface area contributed by atoms with Crippen LogP contribution in [0.25, 0.3) is 0 Å². The SMILES string of the molecule is Cc1ccc(N2c3ccccc3C3(c4ccccc4Oc4ccccc43)c3ccccc32)cc1. The maximum atomic E-state index is 6.45. The minimum absolute atomic E-state index is 0.472. The molecule has 0 aromatic heterocycles. The van der Waals surface area contributed by atoms with Crippen LogP contribution in [0.3, 0.4) is 0 Å². The number of ether oxygens (including phenoxy) is 1. The third kappa shape index (κ3) is 2.45. The molecule has 2 heteroatoms. The summed E-state index contributed by atoms with van der Waals surface area (Å²) in [6.45, 7) is 2.13. The normalized spacial score (nSPS) is 14.4. The summed E-state index contributed by atoms with van der Waals surface area (Å²) < 4.78 is 6.45. The van der Waals surface area contributed by atoms with E-state index in [1.165, 1.54) is 39.2 Å². The highest BCUT2D eigenvalue weighted by molar-refractivity contribution is 5.90. The molecular weight excluding hydrogens is 414 g/mol. The van der Waals surface area contributed by atoms with Crippen LogP contribution in [-0.4, -0.2) is 0 Å². The second kappa shape index (κ2) is 7.10. The highest BCUT2D eigenvalue weighted by Gasteiger charge is 2.50. The van der Waals surface area contributed by atoms with Crippen LogP contribution in [-0.2, 0) is 5.41 Å². The molecule has 0 N–H and O–H groups in total. The molecule has 0 aliphatic carbocycles. The molecule has 0 amide bonds. The van der Waals surface area contributed by atoms with Crippen molar-refractivity contribution in [1.82, 2.24) is 0 Å². The highest BCUT2D eigenvalue weighted by Crippen LogP contribution is 2.62. The first-order valence-electron chi connectivity index (χ1n) is 11.7. The Morgan fingerprint density at radius 1 is 0.500 bits per heavy atom. The molecule has 34 heavy (non-hydrogen) atoms. The topological polar surface area (TPSA) is 12.5 Å². The Morgan fingerprint density at radius 3 is 1.47 bits per heavy atom. The fourth-order valence-corrected chi connectivity index (χ4v) is 5.79. The highest BCUT2D eigenvalue weighted by atomic mass is 16.5.